The largest absolute Gasteiger partial charge is 0.496 e. The second-order valence-electron chi connectivity index (χ2n) is 4.25. The first-order valence-electron chi connectivity index (χ1n) is 5.64. The number of ether oxygens (including phenoxy) is 1. The molecule has 5 heteroatoms. The quantitative estimate of drug-likeness (QED) is 0.850. The topological polar surface area (TPSA) is 77.5 Å². The first-order chi connectivity index (χ1) is 8.54. The van der Waals surface area contributed by atoms with Gasteiger partial charge in [0.05, 0.1) is 7.11 Å². The number of hydrogen-bond acceptors (Lipinski definition) is 3. The molecule has 0 spiro atoms. The Hall–Kier alpha value is -2.01. The van der Waals surface area contributed by atoms with Crippen molar-refractivity contribution in [2.24, 2.45) is 12.8 Å². The molecular formula is C13H16N2O3. The van der Waals surface area contributed by atoms with Gasteiger partial charge in [-0.05, 0) is 18.2 Å². The van der Waals surface area contributed by atoms with Crippen molar-refractivity contribution >= 4 is 16.9 Å². The van der Waals surface area contributed by atoms with Crippen LogP contribution in [0.2, 0.25) is 0 Å². The van der Waals surface area contributed by atoms with E-state index in [-0.39, 0.29) is 6.42 Å². The molecule has 0 aliphatic rings. The molecule has 5 nitrogen and oxygen atoms in total. The van der Waals surface area contributed by atoms with Crippen molar-refractivity contribution < 1.29 is 14.6 Å². The van der Waals surface area contributed by atoms with E-state index in [2.05, 4.69) is 0 Å². The van der Waals surface area contributed by atoms with Gasteiger partial charge in [-0.25, -0.2) is 0 Å². The van der Waals surface area contributed by atoms with Gasteiger partial charge in [-0.15, -0.1) is 0 Å². The molecule has 1 unspecified atom stereocenters. The number of nitrogens with zero attached hydrogens (tertiary/aromatic N) is 1. The van der Waals surface area contributed by atoms with E-state index in [0.29, 0.717) is 5.75 Å². The number of carbonyl (C=O) groups is 1. The number of benzene rings is 1. The number of hydrogen-bond donors (Lipinski definition) is 2. The van der Waals surface area contributed by atoms with Crippen molar-refractivity contribution in [3.8, 4) is 5.75 Å². The van der Waals surface area contributed by atoms with Crippen LogP contribution in [0.15, 0.2) is 24.4 Å². The van der Waals surface area contributed by atoms with E-state index in [0.717, 1.165) is 16.5 Å². The lowest BCUT2D eigenvalue weighted by Crippen LogP contribution is -2.32. The smallest absolute Gasteiger partial charge is 0.320 e. The van der Waals surface area contributed by atoms with Gasteiger partial charge < -0.3 is 20.1 Å². The van der Waals surface area contributed by atoms with Gasteiger partial charge in [0.15, 0.2) is 0 Å². The summed E-state index contributed by atoms with van der Waals surface area (Å²) in [5, 5.41) is 9.89. The van der Waals surface area contributed by atoms with Gasteiger partial charge in [-0.1, -0.05) is 0 Å². The van der Waals surface area contributed by atoms with Crippen LogP contribution in [-0.2, 0) is 18.3 Å². The fourth-order valence-electron chi connectivity index (χ4n) is 2.10. The van der Waals surface area contributed by atoms with Gasteiger partial charge in [0.1, 0.15) is 11.8 Å². The maximum Gasteiger partial charge on any atom is 0.320 e. The molecule has 0 amide bonds. The maximum atomic E-state index is 10.9. The van der Waals surface area contributed by atoms with Crippen LogP contribution < -0.4 is 10.5 Å². The third-order valence-electron chi connectivity index (χ3n) is 3.10. The Morgan fingerprint density at radius 1 is 1.50 bits per heavy atom. The average molecular weight is 248 g/mol. The van der Waals surface area contributed by atoms with E-state index in [4.69, 9.17) is 15.6 Å². The summed E-state index contributed by atoms with van der Waals surface area (Å²) < 4.78 is 7.26. The number of aryl methyl sites for hydroxylation is 1. The van der Waals surface area contributed by atoms with Crippen LogP contribution >= 0.6 is 0 Å². The summed E-state index contributed by atoms with van der Waals surface area (Å²) >= 11 is 0. The minimum Gasteiger partial charge on any atom is -0.496 e. The summed E-state index contributed by atoms with van der Waals surface area (Å²) in [6.07, 6.45) is 2.18. The Morgan fingerprint density at radius 2 is 2.22 bits per heavy atom. The molecule has 2 aromatic rings. The summed E-state index contributed by atoms with van der Waals surface area (Å²) in [4.78, 5) is 10.9. The second-order valence-corrected chi connectivity index (χ2v) is 4.25. The Morgan fingerprint density at radius 3 is 2.83 bits per heavy atom. The highest BCUT2D eigenvalue weighted by molar-refractivity contribution is 5.87. The normalized spacial score (nSPS) is 12.6. The third kappa shape index (κ3) is 2.04. The molecule has 3 N–H and O–H groups in total. The summed E-state index contributed by atoms with van der Waals surface area (Å²) in [5.74, 6) is -0.338. The molecule has 0 aliphatic carbocycles. The molecule has 0 aliphatic heterocycles. The van der Waals surface area contributed by atoms with Crippen molar-refractivity contribution in [2.45, 2.75) is 12.5 Å². The van der Waals surface area contributed by atoms with Gasteiger partial charge in [-0.3, -0.25) is 4.79 Å². The van der Waals surface area contributed by atoms with E-state index < -0.39 is 12.0 Å². The molecule has 96 valence electrons. The Bertz CT molecular complexity index is 589. The molecule has 1 aromatic carbocycles. The van der Waals surface area contributed by atoms with Gasteiger partial charge in [-0.2, -0.15) is 0 Å². The van der Waals surface area contributed by atoms with Gasteiger partial charge >= 0.3 is 5.97 Å². The second kappa shape index (κ2) is 4.70. The zero-order valence-electron chi connectivity index (χ0n) is 10.4. The van der Waals surface area contributed by atoms with Gasteiger partial charge in [0, 0.05) is 36.1 Å². The molecule has 2 rings (SSSR count). The number of methoxy groups -OCH3 is 1. The monoisotopic (exact) mass is 248 g/mol. The Labute approximate surface area is 105 Å². The molecular weight excluding hydrogens is 232 g/mol. The van der Waals surface area contributed by atoms with Crippen molar-refractivity contribution in [3.05, 3.63) is 30.0 Å². The first-order valence-corrected chi connectivity index (χ1v) is 5.64. The van der Waals surface area contributed by atoms with Crippen molar-refractivity contribution in [1.82, 2.24) is 4.57 Å². The predicted octanol–water partition coefficient (Wildman–Crippen LogP) is 1.14. The summed E-state index contributed by atoms with van der Waals surface area (Å²) in [5.41, 5.74) is 7.48. The first kappa shape index (κ1) is 12.4. The SMILES string of the molecule is COc1ccc2c(ccn2C)c1CC(N)C(=O)O. The Balaban J connectivity index is 2.54. The number of aromatic nitrogens is 1. The number of carboxylic acids is 1. The molecule has 1 heterocycles. The number of carboxylic acid groups (broad SMARTS) is 1. The molecule has 1 atom stereocenters. The lowest BCUT2D eigenvalue weighted by atomic mass is 10.0. The van der Waals surface area contributed by atoms with E-state index >= 15 is 0 Å². The Kier molecular flexibility index (Phi) is 3.25. The number of nitrogens with two attached hydrogens (primary N) is 1. The third-order valence-corrected chi connectivity index (χ3v) is 3.10. The zero-order chi connectivity index (χ0) is 13.3. The lowest BCUT2D eigenvalue weighted by molar-refractivity contribution is -0.138. The van der Waals surface area contributed by atoms with Crippen molar-refractivity contribution in [3.63, 3.8) is 0 Å². The average Bonchev–Trinajstić information content (AvgIpc) is 2.72. The standard InChI is InChI=1S/C13H16N2O3/c1-15-6-5-8-9(7-10(14)13(16)17)12(18-2)4-3-11(8)15/h3-6,10H,7,14H2,1-2H3,(H,16,17). The lowest BCUT2D eigenvalue weighted by Gasteiger charge is -2.13. The minimum absolute atomic E-state index is 0.250. The molecule has 0 bridgehead atoms. The van der Waals surface area contributed by atoms with Crippen molar-refractivity contribution in [2.75, 3.05) is 7.11 Å². The van der Waals surface area contributed by atoms with E-state index in [1.54, 1.807) is 7.11 Å². The number of rotatable bonds is 4. The molecule has 0 saturated heterocycles. The van der Waals surface area contributed by atoms with Crippen LogP contribution in [-0.4, -0.2) is 28.8 Å². The maximum absolute atomic E-state index is 10.9. The molecule has 0 fully saturated rings. The van der Waals surface area contributed by atoms with Gasteiger partial charge in [0.2, 0.25) is 0 Å². The molecule has 0 radical (unpaired) electrons. The molecule has 0 saturated carbocycles. The summed E-state index contributed by atoms with van der Waals surface area (Å²) in [7, 11) is 3.51. The van der Waals surface area contributed by atoms with Crippen LogP contribution in [0.25, 0.3) is 10.9 Å². The van der Waals surface area contributed by atoms with Crippen LogP contribution in [0.5, 0.6) is 5.75 Å². The summed E-state index contributed by atoms with van der Waals surface area (Å²) in [6.45, 7) is 0. The van der Waals surface area contributed by atoms with Crippen LogP contribution in [0.4, 0.5) is 0 Å². The highest BCUT2D eigenvalue weighted by atomic mass is 16.5. The van der Waals surface area contributed by atoms with Crippen LogP contribution in [0, 0.1) is 0 Å². The fourth-order valence-corrected chi connectivity index (χ4v) is 2.10. The number of fused-ring (bicyclic) bond motifs is 1. The summed E-state index contributed by atoms with van der Waals surface area (Å²) in [6, 6.07) is 4.81. The van der Waals surface area contributed by atoms with Crippen molar-refractivity contribution in [1.29, 1.82) is 0 Å². The highest BCUT2D eigenvalue weighted by Gasteiger charge is 2.18. The number of aliphatic carboxylic acids is 1. The zero-order valence-corrected chi connectivity index (χ0v) is 10.4. The highest BCUT2D eigenvalue weighted by Crippen LogP contribution is 2.29. The van der Waals surface area contributed by atoms with Crippen LogP contribution in [0.1, 0.15) is 5.56 Å². The molecule has 1 aromatic heterocycles. The van der Waals surface area contributed by atoms with E-state index in [9.17, 15) is 4.79 Å². The fraction of sp³-hybridized carbons (Fsp3) is 0.308. The van der Waals surface area contributed by atoms with Gasteiger partial charge in [0.25, 0.3) is 0 Å². The predicted molar refractivity (Wildman–Crippen MR) is 68.8 cm³/mol. The van der Waals surface area contributed by atoms with E-state index in [1.807, 2.05) is 36.0 Å². The van der Waals surface area contributed by atoms with Crippen LogP contribution in [0.3, 0.4) is 0 Å². The minimum atomic E-state index is -1.01. The molecule has 18 heavy (non-hydrogen) atoms. The van der Waals surface area contributed by atoms with E-state index in [1.165, 1.54) is 0 Å².